The van der Waals surface area contributed by atoms with Crippen LogP contribution < -0.4 is 0 Å². The van der Waals surface area contributed by atoms with Gasteiger partial charge in [0.25, 0.3) is 10.1 Å². The van der Waals surface area contributed by atoms with Gasteiger partial charge in [0.15, 0.2) is 0 Å². The van der Waals surface area contributed by atoms with Crippen LogP contribution in [0, 0.1) is 0 Å². The fourth-order valence-corrected chi connectivity index (χ4v) is 1.88. The van der Waals surface area contributed by atoms with Crippen molar-refractivity contribution < 1.29 is 26.9 Å². The highest BCUT2D eigenvalue weighted by Gasteiger charge is 2.32. The van der Waals surface area contributed by atoms with Crippen LogP contribution in [0.1, 0.15) is 0 Å². The molecule has 0 aliphatic carbocycles. The topological polar surface area (TPSA) is 78.9 Å². The Kier molecular flexibility index (Phi) is 2.89. The van der Waals surface area contributed by atoms with Crippen molar-refractivity contribution in [2.24, 2.45) is 0 Å². The summed E-state index contributed by atoms with van der Waals surface area (Å²) in [5.41, 5.74) is 0. The van der Waals surface area contributed by atoms with Crippen LogP contribution in [0.5, 0.6) is 0 Å². The summed E-state index contributed by atoms with van der Waals surface area (Å²) in [5.74, 6) is -0.334. The van der Waals surface area contributed by atoms with Gasteiger partial charge in [-0.15, -0.1) is 0 Å². The smallest absolute Gasteiger partial charge is 0.427 e. The zero-order valence-electron chi connectivity index (χ0n) is 6.63. The third-order valence-corrected chi connectivity index (χ3v) is 2.54. The third-order valence-electron chi connectivity index (χ3n) is 1.27. The summed E-state index contributed by atoms with van der Waals surface area (Å²) in [7, 11) is -3.51. The first-order valence-electron chi connectivity index (χ1n) is 3.39. The van der Waals surface area contributed by atoms with Crippen LogP contribution in [-0.4, -0.2) is 33.0 Å². The molecule has 0 amide bonds. The summed E-state index contributed by atoms with van der Waals surface area (Å²) in [6.07, 6.45) is -0.884. The molecule has 7 heteroatoms. The number of carbonyl (C=O) groups excluding carboxylic acids is 1. The van der Waals surface area contributed by atoms with Gasteiger partial charge in [0, 0.05) is 0 Å². The molecular formula is C6H8O6S. The second-order valence-electron chi connectivity index (χ2n) is 2.28. The van der Waals surface area contributed by atoms with E-state index in [-0.39, 0.29) is 12.4 Å². The summed E-state index contributed by atoms with van der Waals surface area (Å²) in [6, 6.07) is 0. The molecule has 0 spiro atoms. The molecule has 0 aromatic carbocycles. The summed E-state index contributed by atoms with van der Waals surface area (Å²) in [6.45, 7) is 2.97. The van der Waals surface area contributed by atoms with Crippen molar-refractivity contribution >= 4 is 16.3 Å². The molecule has 1 aliphatic heterocycles. The highest BCUT2D eigenvalue weighted by atomic mass is 32.2. The molecule has 1 aliphatic rings. The van der Waals surface area contributed by atoms with Crippen LogP contribution in [0.4, 0.5) is 4.79 Å². The Morgan fingerprint density at radius 2 is 2.31 bits per heavy atom. The predicted molar refractivity (Wildman–Crippen MR) is 41.3 cm³/mol. The zero-order valence-corrected chi connectivity index (χ0v) is 7.45. The number of hydrogen-bond donors (Lipinski definition) is 0. The zero-order chi connectivity index (χ0) is 9.90. The second kappa shape index (κ2) is 3.75. The molecule has 1 atom stereocenters. The maximum absolute atomic E-state index is 10.7. The van der Waals surface area contributed by atoms with E-state index in [1.807, 2.05) is 0 Å². The average molecular weight is 208 g/mol. The normalized spacial score (nSPS) is 25.1. The lowest BCUT2D eigenvalue weighted by atomic mass is 10.4. The van der Waals surface area contributed by atoms with E-state index in [9.17, 15) is 13.2 Å². The van der Waals surface area contributed by atoms with E-state index in [2.05, 4.69) is 20.2 Å². The van der Waals surface area contributed by atoms with Gasteiger partial charge in [-0.3, -0.25) is 4.18 Å². The molecule has 1 saturated heterocycles. The maximum Gasteiger partial charge on any atom is 0.513 e. The van der Waals surface area contributed by atoms with E-state index in [1.54, 1.807) is 0 Å². The Morgan fingerprint density at radius 3 is 2.77 bits per heavy atom. The number of ether oxygens (including phenoxy) is 2. The molecule has 13 heavy (non-hydrogen) atoms. The van der Waals surface area contributed by atoms with Crippen molar-refractivity contribution in [2.75, 3.05) is 12.4 Å². The van der Waals surface area contributed by atoms with E-state index in [0.29, 0.717) is 0 Å². The van der Waals surface area contributed by atoms with E-state index in [0.717, 1.165) is 6.26 Å². The van der Waals surface area contributed by atoms with Crippen molar-refractivity contribution in [3.05, 3.63) is 12.8 Å². The van der Waals surface area contributed by atoms with Gasteiger partial charge < -0.3 is 9.47 Å². The molecule has 1 heterocycles. The Bertz CT molecular complexity index is 305. The molecule has 1 unspecified atom stereocenters. The van der Waals surface area contributed by atoms with Gasteiger partial charge in [-0.05, 0) is 0 Å². The number of rotatable bonds is 2. The maximum atomic E-state index is 10.7. The van der Waals surface area contributed by atoms with Crippen LogP contribution in [-0.2, 0) is 23.8 Å². The molecule has 0 saturated carbocycles. The number of carbonyl (C=O) groups is 1. The molecule has 6 nitrogen and oxygen atoms in total. The average Bonchev–Trinajstić information content (AvgIpc) is 2.30. The standard InChI is InChI=1S/C6H8O6S/c1-2-10-6(7)12-5-3-11-13(8,9)4-5/h2,5H,1,3-4H2. The molecule has 1 fully saturated rings. The van der Waals surface area contributed by atoms with Crippen LogP contribution in [0.2, 0.25) is 0 Å². The van der Waals surface area contributed by atoms with Gasteiger partial charge >= 0.3 is 6.16 Å². The monoisotopic (exact) mass is 208 g/mol. The van der Waals surface area contributed by atoms with Crippen LogP contribution >= 0.6 is 0 Å². The summed E-state index contributed by atoms with van der Waals surface area (Å²) < 4.78 is 34.5. The molecule has 0 radical (unpaired) electrons. The van der Waals surface area contributed by atoms with Crippen LogP contribution in [0.15, 0.2) is 12.8 Å². The van der Waals surface area contributed by atoms with E-state index >= 15 is 0 Å². The van der Waals surface area contributed by atoms with Crippen molar-refractivity contribution in [2.45, 2.75) is 6.10 Å². The third kappa shape index (κ3) is 3.03. The van der Waals surface area contributed by atoms with Crippen LogP contribution in [0.3, 0.4) is 0 Å². The minimum Gasteiger partial charge on any atom is -0.427 e. The SMILES string of the molecule is C=COC(=O)OC1COS(=O)(=O)C1. The summed E-state index contributed by atoms with van der Waals surface area (Å²) in [4.78, 5) is 10.6. The Morgan fingerprint density at radius 1 is 1.62 bits per heavy atom. The van der Waals surface area contributed by atoms with Crippen molar-refractivity contribution in [3.63, 3.8) is 0 Å². The van der Waals surface area contributed by atoms with Gasteiger partial charge in [-0.1, -0.05) is 6.58 Å². The molecule has 74 valence electrons. The van der Waals surface area contributed by atoms with Crippen molar-refractivity contribution in [1.82, 2.24) is 0 Å². The molecule has 1 rings (SSSR count). The Hall–Kier alpha value is -1.08. The summed E-state index contributed by atoms with van der Waals surface area (Å²) in [5, 5.41) is 0. The molecule has 0 aromatic rings. The lowest BCUT2D eigenvalue weighted by molar-refractivity contribution is 0.0463. The van der Waals surface area contributed by atoms with Gasteiger partial charge in [-0.2, -0.15) is 8.42 Å². The molecule has 0 aromatic heterocycles. The number of hydrogen-bond acceptors (Lipinski definition) is 6. The highest BCUT2D eigenvalue weighted by Crippen LogP contribution is 2.11. The second-order valence-corrected chi connectivity index (χ2v) is 3.97. The molecule has 0 bridgehead atoms. The first-order valence-corrected chi connectivity index (χ1v) is 4.96. The van der Waals surface area contributed by atoms with Gasteiger partial charge in [0.05, 0.1) is 6.26 Å². The quantitative estimate of drug-likeness (QED) is 0.361. The lowest BCUT2D eigenvalue weighted by Gasteiger charge is -2.05. The molecule has 0 N–H and O–H groups in total. The Labute approximate surface area is 75.2 Å². The van der Waals surface area contributed by atoms with E-state index in [4.69, 9.17) is 0 Å². The Balaban J connectivity index is 2.40. The fourth-order valence-electron chi connectivity index (χ4n) is 0.803. The van der Waals surface area contributed by atoms with E-state index in [1.165, 1.54) is 0 Å². The first kappa shape index (κ1) is 10.0. The first-order chi connectivity index (χ1) is 6.03. The lowest BCUT2D eigenvalue weighted by Crippen LogP contribution is -2.21. The fraction of sp³-hybridized carbons (Fsp3) is 0.500. The van der Waals surface area contributed by atoms with Gasteiger partial charge in [0.1, 0.15) is 18.5 Å². The predicted octanol–water partition coefficient (Wildman–Crippen LogP) is 0.0117. The minimum absolute atomic E-state index is 0.158. The van der Waals surface area contributed by atoms with E-state index < -0.39 is 22.4 Å². The van der Waals surface area contributed by atoms with Crippen molar-refractivity contribution in [1.29, 1.82) is 0 Å². The minimum atomic E-state index is -3.51. The van der Waals surface area contributed by atoms with Crippen molar-refractivity contribution in [3.8, 4) is 0 Å². The largest absolute Gasteiger partial charge is 0.513 e. The highest BCUT2D eigenvalue weighted by molar-refractivity contribution is 7.87. The van der Waals surface area contributed by atoms with Gasteiger partial charge in [0.2, 0.25) is 0 Å². The van der Waals surface area contributed by atoms with Crippen LogP contribution in [0.25, 0.3) is 0 Å². The summed E-state index contributed by atoms with van der Waals surface area (Å²) >= 11 is 0. The molecular weight excluding hydrogens is 200 g/mol. The van der Waals surface area contributed by atoms with Gasteiger partial charge in [-0.25, -0.2) is 4.79 Å².